The quantitative estimate of drug-likeness (QED) is 0.495. The molecule has 0 fully saturated rings. The molecule has 0 aliphatic heterocycles. The van der Waals surface area contributed by atoms with E-state index in [1.165, 1.54) is 7.05 Å². The number of carbonyl (C=O) groups is 1. The maximum Gasteiger partial charge on any atom is 0.345 e. The monoisotopic (exact) mass is 229 g/mol. The van der Waals surface area contributed by atoms with Crippen LogP contribution in [-0.2, 0) is 10.0 Å². The lowest BCUT2D eigenvalue weighted by Crippen LogP contribution is -2.50. The van der Waals surface area contributed by atoms with Gasteiger partial charge >= 0.3 is 6.03 Å². The Bertz CT molecular complexity index is 266. The molecule has 0 aliphatic carbocycles. The average molecular weight is 230 g/mol. The van der Waals surface area contributed by atoms with Gasteiger partial charge in [-0.2, -0.15) is 4.41 Å². The Hall–Kier alpha value is -0.530. The zero-order chi connectivity index (χ0) is 10.5. The van der Waals surface area contributed by atoms with Crippen LogP contribution in [0.15, 0.2) is 0 Å². The van der Waals surface area contributed by atoms with Gasteiger partial charge < -0.3 is 5.32 Å². The van der Waals surface area contributed by atoms with Gasteiger partial charge in [0.1, 0.15) is 0 Å². The fourth-order valence-electron chi connectivity index (χ4n) is 0.585. The molecule has 8 heteroatoms. The number of hydrazine groups is 1. The molecule has 0 aromatic heterocycles. The van der Waals surface area contributed by atoms with Crippen molar-refractivity contribution in [3.05, 3.63) is 0 Å². The summed E-state index contributed by atoms with van der Waals surface area (Å²) in [5.74, 6) is 0.211. The van der Waals surface area contributed by atoms with Gasteiger partial charge in [-0.05, 0) is 0 Å². The molecular formula is C5H12ClN3O3S. The molecule has 0 aliphatic rings. The van der Waals surface area contributed by atoms with Crippen molar-refractivity contribution in [2.45, 2.75) is 0 Å². The maximum atomic E-state index is 11.0. The van der Waals surface area contributed by atoms with Crippen molar-refractivity contribution < 1.29 is 13.2 Å². The Morgan fingerprint density at radius 1 is 1.54 bits per heavy atom. The predicted octanol–water partition coefficient (Wildman–Crippen LogP) is -0.669. The van der Waals surface area contributed by atoms with Gasteiger partial charge in [-0.15, -0.1) is 11.6 Å². The van der Waals surface area contributed by atoms with Crippen LogP contribution in [0.3, 0.4) is 0 Å². The number of halogens is 1. The topological polar surface area (TPSA) is 78.5 Å². The first kappa shape index (κ1) is 12.5. The van der Waals surface area contributed by atoms with Crippen molar-refractivity contribution in [2.75, 3.05) is 25.7 Å². The van der Waals surface area contributed by atoms with Gasteiger partial charge in [-0.1, -0.05) is 0 Å². The number of sulfonamides is 1. The highest BCUT2D eigenvalue weighted by molar-refractivity contribution is 7.88. The summed E-state index contributed by atoms with van der Waals surface area (Å²) in [5, 5.41) is 2.18. The lowest BCUT2D eigenvalue weighted by atomic mass is 10.8. The highest BCUT2D eigenvalue weighted by Crippen LogP contribution is 1.93. The van der Waals surface area contributed by atoms with Crippen LogP contribution in [0.4, 0.5) is 4.79 Å². The van der Waals surface area contributed by atoms with Crippen LogP contribution in [0, 0.1) is 0 Å². The van der Waals surface area contributed by atoms with Crippen molar-refractivity contribution in [1.82, 2.24) is 15.2 Å². The molecule has 0 aromatic carbocycles. The van der Waals surface area contributed by atoms with Crippen molar-refractivity contribution in [3.8, 4) is 0 Å². The fourth-order valence-corrected chi connectivity index (χ4v) is 1.39. The van der Waals surface area contributed by atoms with Crippen LogP contribution in [0.5, 0.6) is 0 Å². The first-order valence-corrected chi connectivity index (χ1v) is 5.83. The van der Waals surface area contributed by atoms with Crippen LogP contribution < -0.4 is 10.7 Å². The Morgan fingerprint density at radius 2 is 2.08 bits per heavy atom. The Balaban J connectivity index is 4.47. The normalized spacial score (nSPS) is 11.0. The van der Waals surface area contributed by atoms with E-state index in [0.717, 1.165) is 6.26 Å². The van der Waals surface area contributed by atoms with E-state index in [9.17, 15) is 13.2 Å². The Kier molecular flexibility index (Phi) is 5.04. The van der Waals surface area contributed by atoms with Gasteiger partial charge in [0.25, 0.3) is 0 Å². The van der Waals surface area contributed by atoms with Gasteiger partial charge in [-0.3, -0.25) is 0 Å². The van der Waals surface area contributed by atoms with Crippen LogP contribution in [0.2, 0.25) is 0 Å². The minimum atomic E-state index is -3.60. The first-order valence-electron chi connectivity index (χ1n) is 3.45. The van der Waals surface area contributed by atoms with Crippen molar-refractivity contribution in [3.63, 3.8) is 0 Å². The number of amides is 2. The molecule has 0 atom stereocenters. The molecule has 0 aromatic rings. The molecule has 78 valence electrons. The standard InChI is InChI=1S/C5H12ClN3O3S/c1-7-5(10)9(8-4-3-6)13(2,11)12/h8H,3-4H2,1-2H3,(H,7,10). The third kappa shape index (κ3) is 4.30. The van der Waals surface area contributed by atoms with E-state index in [-0.39, 0.29) is 12.4 Å². The van der Waals surface area contributed by atoms with Crippen molar-refractivity contribution in [1.29, 1.82) is 0 Å². The molecule has 2 N–H and O–H groups in total. The molecule has 0 spiro atoms. The van der Waals surface area contributed by atoms with Gasteiger partial charge in [0.15, 0.2) is 0 Å². The third-order valence-corrected chi connectivity index (χ3v) is 2.23. The number of alkyl halides is 1. The molecule has 0 saturated carbocycles. The predicted molar refractivity (Wildman–Crippen MR) is 49.9 cm³/mol. The van der Waals surface area contributed by atoms with Crippen LogP contribution in [-0.4, -0.2) is 44.6 Å². The maximum absolute atomic E-state index is 11.0. The van der Waals surface area contributed by atoms with Gasteiger partial charge in [-0.25, -0.2) is 18.6 Å². The second-order valence-corrected chi connectivity index (χ2v) is 4.39. The minimum Gasteiger partial charge on any atom is -0.339 e. The van der Waals surface area contributed by atoms with E-state index in [0.29, 0.717) is 4.41 Å². The zero-order valence-corrected chi connectivity index (χ0v) is 8.94. The summed E-state index contributed by atoms with van der Waals surface area (Å²) in [5.41, 5.74) is 2.36. The number of hydrogen-bond donors (Lipinski definition) is 2. The smallest absolute Gasteiger partial charge is 0.339 e. The average Bonchev–Trinajstić information content (AvgIpc) is 2.02. The van der Waals surface area contributed by atoms with E-state index in [2.05, 4.69) is 10.7 Å². The third-order valence-electron chi connectivity index (χ3n) is 1.08. The van der Waals surface area contributed by atoms with E-state index in [4.69, 9.17) is 11.6 Å². The van der Waals surface area contributed by atoms with Gasteiger partial charge in [0, 0.05) is 19.5 Å². The van der Waals surface area contributed by atoms with Gasteiger partial charge in [0.05, 0.1) is 6.26 Å². The molecule has 0 rings (SSSR count). The summed E-state index contributed by atoms with van der Waals surface area (Å²) in [4.78, 5) is 11.0. The van der Waals surface area contributed by atoms with E-state index >= 15 is 0 Å². The number of nitrogens with zero attached hydrogens (tertiary/aromatic N) is 1. The van der Waals surface area contributed by atoms with Crippen LogP contribution in [0.25, 0.3) is 0 Å². The molecule has 0 bridgehead atoms. The second kappa shape index (κ2) is 5.25. The first-order chi connectivity index (χ1) is 5.93. The van der Waals surface area contributed by atoms with Crippen LogP contribution >= 0.6 is 11.6 Å². The molecular weight excluding hydrogens is 218 g/mol. The largest absolute Gasteiger partial charge is 0.345 e. The van der Waals surface area contributed by atoms with E-state index in [1.807, 2.05) is 0 Å². The summed E-state index contributed by atoms with van der Waals surface area (Å²) in [6, 6.07) is -0.743. The molecule has 6 nitrogen and oxygen atoms in total. The summed E-state index contributed by atoms with van der Waals surface area (Å²) < 4.78 is 22.5. The molecule has 0 unspecified atom stereocenters. The lowest BCUT2D eigenvalue weighted by Gasteiger charge is -2.19. The van der Waals surface area contributed by atoms with Crippen molar-refractivity contribution in [2.24, 2.45) is 0 Å². The molecule has 0 radical (unpaired) electrons. The SMILES string of the molecule is CNC(=O)N(NCCCl)S(C)(=O)=O. The molecule has 0 saturated heterocycles. The minimum absolute atomic E-state index is 0.196. The molecule has 2 amide bonds. The Morgan fingerprint density at radius 3 is 2.38 bits per heavy atom. The van der Waals surface area contributed by atoms with E-state index < -0.39 is 16.1 Å². The number of carbonyl (C=O) groups excluding carboxylic acids is 1. The van der Waals surface area contributed by atoms with E-state index in [1.54, 1.807) is 0 Å². The Labute approximate surface area is 82.3 Å². The number of urea groups is 1. The lowest BCUT2D eigenvalue weighted by molar-refractivity contribution is 0.213. The summed E-state index contributed by atoms with van der Waals surface area (Å²) >= 11 is 5.33. The van der Waals surface area contributed by atoms with Gasteiger partial charge in [0.2, 0.25) is 10.0 Å². The molecule has 13 heavy (non-hydrogen) atoms. The fraction of sp³-hybridized carbons (Fsp3) is 0.800. The zero-order valence-electron chi connectivity index (χ0n) is 7.37. The summed E-state index contributed by atoms with van der Waals surface area (Å²) in [7, 11) is -2.26. The second-order valence-electron chi connectivity index (χ2n) is 2.18. The summed E-state index contributed by atoms with van der Waals surface area (Å²) in [6.07, 6.45) is 0.920. The summed E-state index contributed by atoms with van der Waals surface area (Å²) in [6.45, 7) is 0.196. The molecule has 0 heterocycles. The number of hydrogen-bond acceptors (Lipinski definition) is 4. The number of rotatable bonds is 4. The van der Waals surface area contributed by atoms with Crippen molar-refractivity contribution >= 4 is 27.7 Å². The number of nitrogens with one attached hydrogen (secondary N) is 2. The highest BCUT2D eigenvalue weighted by atomic mass is 35.5. The van der Waals surface area contributed by atoms with Crippen LogP contribution in [0.1, 0.15) is 0 Å². The highest BCUT2D eigenvalue weighted by Gasteiger charge is 2.21.